The molecule has 0 aromatic carbocycles. The van der Waals surface area contributed by atoms with E-state index in [0.717, 1.165) is 83.5 Å². The Morgan fingerprint density at radius 3 is 1.39 bits per heavy atom. The number of nitrogens with one attached hydrogen (secondary N) is 1. The van der Waals surface area contributed by atoms with Gasteiger partial charge in [-0.05, 0) is 89.9 Å². The van der Waals surface area contributed by atoms with E-state index in [1.54, 1.807) is 0 Å². The van der Waals surface area contributed by atoms with Gasteiger partial charge in [0.1, 0.15) is 6.10 Å². The highest BCUT2D eigenvalue weighted by Gasteiger charge is 2.24. The van der Waals surface area contributed by atoms with E-state index in [2.05, 4.69) is 86.8 Å². The standard InChI is InChI=1S/C53H95NO5/c1-4-7-10-13-16-19-21-23-24-25-26-27-28-29-31-34-37-40-43-46-53(58)59-49(44-41-38-35-33-30-22-20-17-14-11-8-5-2)47-52(57)54-50(48-55)51(56)45-42-39-36-32-18-15-12-9-6-3/h16,19,23-24,26-27,29,31,33,35,49-51,55-56H,4-15,17-18,20-22,25,28,30,32,34,36-48H2,1-3H3,(H,54,57)/b19-16-,24-23-,27-26-,31-29-,35-33-. The maximum atomic E-state index is 13.1. The predicted molar refractivity (Wildman–Crippen MR) is 255 cm³/mol. The Bertz CT molecular complexity index is 1060. The molecule has 0 bridgehead atoms. The third kappa shape index (κ3) is 42.1. The molecule has 342 valence electrons. The summed E-state index contributed by atoms with van der Waals surface area (Å²) in [5, 5.41) is 23.6. The van der Waals surface area contributed by atoms with Gasteiger partial charge in [-0.15, -0.1) is 0 Å². The van der Waals surface area contributed by atoms with Crippen LogP contribution in [0.2, 0.25) is 0 Å². The van der Waals surface area contributed by atoms with Crippen molar-refractivity contribution in [3.63, 3.8) is 0 Å². The molecular formula is C53H95NO5. The van der Waals surface area contributed by atoms with Crippen molar-refractivity contribution in [3.8, 4) is 0 Å². The van der Waals surface area contributed by atoms with Gasteiger partial charge >= 0.3 is 5.97 Å². The SMILES string of the molecule is CCCCC/C=C\C/C=C\C/C=C\C/C=C\CCCCCC(=O)OC(CCC/C=C\CCCCCCCCC)CC(=O)NC(CO)C(O)CCCCCCCCCCC. The maximum absolute atomic E-state index is 13.1. The minimum Gasteiger partial charge on any atom is -0.462 e. The fourth-order valence-corrected chi connectivity index (χ4v) is 7.24. The van der Waals surface area contributed by atoms with Crippen molar-refractivity contribution in [2.24, 2.45) is 0 Å². The molecule has 0 aliphatic rings. The monoisotopic (exact) mass is 826 g/mol. The highest BCUT2D eigenvalue weighted by molar-refractivity contribution is 5.77. The van der Waals surface area contributed by atoms with E-state index in [0.29, 0.717) is 19.3 Å². The second kappa shape index (κ2) is 46.6. The molecule has 0 rings (SSSR count). The van der Waals surface area contributed by atoms with Crippen LogP contribution in [-0.2, 0) is 14.3 Å². The summed E-state index contributed by atoms with van der Waals surface area (Å²) in [5.74, 6) is -0.541. The summed E-state index contributed by atoms with van der Waals surface area (Å²) >= 11 is 0. The lowest BCUT2D eigenvalue weighted by molar-refractivity contribution is -0.151. The molecule has 6 heteroatoms. The largest absolute Gasteiger partial charge is 0.462 e. The fraction of sp³-hybridized carbons (Fsp3) is 0.774. The molecule has 1 amide bonds. The number of carbonyl (C=O) groups excluding carboxylic acids is 2. The van der Waals surface area contributed by atoms with Crippen molar-refractivity contribution in [2.75, 3.05) is 6.61 Å². The second-order valence-electron chi connectivity index (χ2n) is 16.9. The van der Waals surface area contributed by atoms with E-state index in [1.807, 2.05) is 0 Å². The molecule has 0 aliphatic carbocycles. The molecule has 3 unspecified atom stereocenters. The van der Waals surface area contributed by atoms with Crippen molar-refractivity contribution >= 4 is 11.9 Å². The van der Waals surface area contributed by atoms with Crippen molar-refractivity contribution in [3.05, 3.63) is 60.8 Å². The molecule has 0 heterocycles. The van der Waals surface area contributed by atoms with E-state index in [4.69, 9.17) is 4.74 Å². The number of hydrogen-bond acceptors (Lipinski definition) is 5. The number of carbonyl (C=O) groups is 2. The molecule has 59 heavy (non-hydrogen) atoms. The van der Waals surface area contributed by atoms with Crippen LogP contribution in [0.4, 0.5) is 0 Å². The molecule has 0 aliphatic heterocycles. The molecule has 0 aromatic heterocycles. The van der Waals surface area contributed by atoms with Crippen LogP contribution in [0.25, 0.3) is 0 Å². The number of aliphatic hydroxyl groups is 2. The van der Waals surface area contributed by atoms with E-state index >= 15 is 0 Å². The van der Waals surface area contributed by atoms with Crippen LogP contribution in [0.1, 0.15) is 239 Å². The number of aliphatic hydroxyl groups excluding tert-OH is 2. The molecule has 0 spiro atoms. The molecule has 0 aromatic rings. The van der Waals surface area contributed by atoms with Crippen LogP contribution in [0.15, 0.2) is 60.8 Å². The first-order valence-corrected chi connectivity index (χ1v) is 25.0. The van der Waals surface area contributed by atoms with Crippen molar-refractivity contribution in [1.82, 2.24) is 5.32 Å². The van der Waals surface area contributed by atoms with Crippen LogP contribution in [-0.4, -0.2) is 46.9 Å². The Morgan fingerprint density at radius 1 is 0.492 bits per heavy atom. The molecule has 0 saturated carbocycles. The van der Waals surface area contributed by atoms with Gasteiger partial charge in [0.2, 0.25) is 5.91 Å². The molecule has 0 saturated heterocycles. The zero-order chi connectivity index (χ0) is 43.1. The highest BCUT2D eigenvalue weighted by Crippen LogP contribution is 2.16. The smallest absolute Gasteiger partial charge is 0.306 e. The zero-order valence-electron chi connectivity index (χ0n) is 38.9. The molecule has 3 atom stereocenters. The van der Waals surface area contributed by atoms with Crippen molar-refractivity contribution in [2.45, 2.75) is 257 Å². The molecule has 6 nitrogen and oxygen atoms in total. The Kier molecular flexibility index (Phi) is 44.7. The molecule has 0 fully saturated rings. The van der Waals surface area contributed by atoms with Gasteiger partial charge in [-0.3, -0.25) is 9.59 Å². The molecular weight excluding hydrogens is 731 g/mol. The van der Waals surface area contributed by atoms with Crippen molar-refractivity contribution < 1.29 is 24.5 Å². The van der Waals surface area contributed by atoms with Gasteiger partial charge < -0.3 is 20.3 Å². The first kappa shape index (κ1) is 56.6. The summed E-state index contributed by atoms with van der Waals surface area (Å²) in [7, 11) is 0. The summed E-state index contributed by atoms with van der Waals surface area (Å²) in [4.78, 5) is 26.0. The van der Waals surface area contributed by atoms with Gasteiger partial charge in [-0.25, -0.2) is 0 Å². The summed E-state index contributed by atoms with van der Waals surface area (Å²) in [6.07, 6.45) is 57.1. The Labute approximate surface area is 365 Å². The van der Waals surface area contributed by atoms with E-state index < -0.39 is 18.2 Å². The van der Waals surface area contributed by atoms with E-state index in [9.17, 15) is 19.8 Å². The van der Waals surface area contributed by atoms with Gasteiger partial charge in [-0.2, -0.15) is 0 Å². The second-order valence-corrected chi connectivity index (χ2v) is 16.9. The number of rotatable bonds is 44. The Balaban J connectivity index is 4.63. The first-order valence-electron chi connectivity index (χ1n) is 25.0. The quantitative estimate of drug-likeness (QED) is 0.0323. The normalized spacial score (nSPS) is 13.8. The summed E-state index contributed by atoms with van der Waals surface area (Å²) < 4.78 is 5.89. The third-order valence-corrected chi connectivity index (χ3v) is 11.1. The van der Waals surface area contributed by atoms with Crippen LogP contribution >= 0.6 is 0 Å². The lowest BCUT2D eigenvalue weighted by atomic mass is 10.0. The Hall–Kier alpha value is -2.44. The summed E-state index contributed by atoms with van der Waals surface area (Å²) in [6.45, 7) is 6.41. The summed E-state index contributed by atoms with van der Waals surface area (Å²) in [6, 6.07) is -0.716. The average molecular weight is 826 g/mol. The van der Waals surface area contributed by atoms with Crippen molar-refractivity contribution in [1.29, 1.82) is 0 Å². The fourth-order valence-electron chi connectivity index (χ4n) is 7.24. The molecule has 3 N–H and O–H groups in total. The topological polar surface area (TPSA) is 95.9 Å². The lowest BCUT2D eigenvalue weighted by Crippen LogP contribution is -2.46. The number of allylic oxidation sites excluding steroid dienone is 10. The maximum Gasteiger partial charge on any atom is 0.306 e. The number of amides is 1. The van der Waals surface area contributed by atoms with Crippen LogP contribution in [0.5, 0.6) is 0 Å². The van der Waals surface area contributed by atoms with Gasteiger partial charge in [-0.1, -0.05) is 197 Å². The van der Waals surface area contributed by atoms with Crippen LogP contribution in [0, 0.1) is 0 Å². The average Bonchev–Trinajstić information content (AvgIpc) is 3.23. The zero-order valence-corrected chi connectivity index (χ0v) is 38.9. The Morgan fingerprint density at radius 2 is 0.881 bits per heavy atom. The van der Waals surface area contributed by atoms with Gasteiger partial charge in [0.05, 0.1) is 25.2 Å². The number of unbranched alkanes of at least 4 members (excludes halogenated alkanes) is 22. The first-order chi connectivity index (χ1) is 29.0. The molecule has 0 radical (unpaired) electrons. The highest BCUT2D eigenvalue weighted by atomic mass is 16.5. The number of hydrogen-bond donors (Lipinski definition) is 3. The van der Waals surface area contributed by atoms with Gasteiger partial charge in [0.15, 0.2) is 0 Å². The number of ether oxygens (including phenoxy) is 1. The van der Waals surface area contributed by atoms with Gasteiger partial charge in [0.25, 0.3) is 0 Å². The predicted octanol–water partition coefficient (Wildman–Crippen LogP) is 14.8. The van der Waals surface area contributed by atoms with Gasteiger partial charge in [0, 0.05) is 6.42 Å². The van der Waals surface area contributed by atoms with Crippen LogP contribution < -0.4 is 5.32 Å². The van der Waals surface area contributed by atoms with E-state index in [-0.39, 0.29) is 24.9 Å². The minimum absolute atomic E-state index is 0.0425. The number of esters is 1. The van der Waals surface area contributed by atoms with Crippen LogP contribution in [0.3, 0.4) is 0 Å². The lowest BCUT2D eigenvalue weighted by Gasteiger charge is -2.24. The minimum atomic E-state index is -0.799. The summed E-state index contributed by atoms with van der Waals surface area (Å²) in [5.41, 5.74) is 0. The van der Waals surface area contributed by atoms with E-state index in [1.165, 1.54) is 109 Å². The third-order valence-electron chi connectivity index (χ3n) is 11.1.